The van der Waals surface area contributed by atoms with E-state index in [1.807, 2.05) is 38.4 Å². The summed E-state index contributed by atoms with van der Waals surface area (Å²) < 4.78 is 26.8. The quantitative estimate of drug-likeness (QED) is 0.576. The molecular formula is C23H24FN3O4. The first kappa shape index (κ1) is 21.9. The number of ether oxygens (including phenoxy) is 2. The van der Waals surface area contributed by atoms with Crippen molar-refractivity contribution in [1.82, 2.24) is 9.88 Å². The third-order valence-corrected chi connectivity index (χ3v) is 4.33. The number of carbonyl (C=O) groups is 2. The highest BCUT2D eigenvalue weighted by Gasteiger charge is 2.15. The molecule has 0 fully saturated rings. The fraction of sp³-hybridized carbons (Fsp3) is 0.217. The molecule has 0 saturated carbocycles. The fourth-order valence-corrected chi connectivity index (χ4v) is 2.91. The number of nitrogens with one attached hydrogen (secondary N) is 2. The number of methoxy groups -OCH3 is 1. The summed E-state index contributed by atoms with van der Waals surface area (Å²) in [5.74, 6) is -0.722. The number of benzene rings is 2. The Morgan fingerprint density at radius 3 is 2.48 bits per heavy atom. The van der Waals surface area contributed by atoms with Crippen LogP contribution in [0, 0.1) is 5.82 Å². The van der Waals surface area contributed by atoms with Gasteiger partial charge in [0.25, 0.3) is 11.8 Å². The molecule has 8 heteroatoms. The smallest absolute Gasteiger partial charge is 0.258 e. The van der Waals surface area contributed by atoms with Crippen LogP contribution in [0.4, 0.5) is 10.1 Å². The molecule has 0 spiro atoms. The number of hydrogen-bond donors (Lipinski definition) is 2. The monoisotopic (exact) mass is 425 g/mol. The molecule has 1 heterocycles. The second kappa shape index (κ2) is 9.80. The molecule has 7 nitrogen and oxygen atoms in total. The van der Waals surface area contributed by atoms with Crippen LogP contribution in [0.25, 0.3) is 5.69 Å². The number of halogens is 1. The Kier molecular flexibility index (Phi) is 6.92. The maximum absolute atomic E-state index is 14.3. The molecule has 0 unspecified atom stereocenters. The Bertz CT molecular complexity index is 1060. The highest BCUT2D eigenvalue weighted by molar-refractivity contribution is 6.04. The molecule has 0 aliphatic carbocycles. The Balaban J connectivity index is 1.73. The number of rotatable bonds is 8. The van der Waals surface area contributed by atoms with Gasteiger partial charge in [-0.1, -0.05) is 0 Å². The molecule has 0 radical (unpaired) electrons. The van der Waals surface area contributed by atoms with E-state index in [1.165, 1.54) is 31.4 Å². The van der Waals surface area contributed by atoms with E-state index in [-0.39, 0.29) is 35.6 Å². The van der Waals surface area contributed by atoms with Crippen molar-refractivity contribution in [2.75, 3.05) is 19.0 Å². The molecule has 162 valence electrons. The molecular weight excluding hydrogens is 401 g/mol. The molecule has 0 aliphatic rings. The van der Waals surface area contributed by atoms with Crippen LogP contribution in [0.15, 0.2) is 60.9 Å². The van der Waals surface area contributed by atoms with Crippen LogP contribution < -0.4 is 20.1 Å². The van der Waals surface area contributed by atoms with Crippen molar-refractivity contribution in [2.24, 2.45) is 0 Å². The van der Waals surface area contributed by atoms with Gasteiger partial charge in [-0.3, -0.25) is 9.59 Å². The van der Waals surface area contributed by atoms with Gasteiger partial charge in [0.2, 0.25) is 0 Å². The van der Waals surface area contributed by atoms with E-state index in [1.54, 1.807) is 16.7 Å². The van der Waals surface area contributed by atoms with Crippen LogP contribution in [0.3, 0.4) is 0 Å². The van der Waals surface area contributed by atoms with E-state index >= 15 is 0 Å². The van der Waals surface area contributed by atoms with E-state index in [4.69, 9.17) is 9.47 Å². The number of anilines is 1. The molecule has 3 rings (SSSR count). The van der Waals surface area contributed by atoms with Gasteiger partial charge in [0.05, 0.1) is 12.8 Å². The number of hydrogen-bond acceptors (Lipinski definition) is 4. The van der Waals surface area contributed by atoms with E-state index in [0.717, 1.165) is 0 Å². The van der Waals surface area contributed by atoms with Crippen LogP contribution in [0.1, 0.15) is 24.2 Å². The minimum Gasteiger partial charge on any atom is -0.493 e. The van der Waals surface area contributed by atoms with Gasteiger partial charge in [-0.15, -0.1) is 0 Å². The summed E-state index contributed by atoms with van der Waals surface area (Å²) in [7, 11) is 1.43. The largest absolute Gasteiger partial charge is 0.493 e. The van der Waals surface area contributed by atoms with Gasteiger partial charge in [0.1, 0.15) is 5.82 Å². The van der Waals surface area contributed by atoms with Crippen molar-refractivity contribution < 1.29 is 23.5 Å². The van der Waals surface area contributed by atoms with E-state index in [2.05, 4.69) is 10.6 Å². The number of amides is 2. The number of carbonyl (C=O) groups excluding carboxylic acids is 2. The molecule has 0 aliphatic heterocycles. The number of aromatic nitrogens is 1. The maximum Gasteiger partial charge on any atom is 0.258 e. The summed E-state index contributed by atoms with van der Waals surface area (Å²) in [4.78, 5) is 24.5. The third kappa shape index (κ3) is 5.63. The zero-order valence-corrected chi connectivity index (χ0v) is 17.5. The zero-order valence-electron chi connectivity index (χ0n) is 17.5. The van der Waals surface area contributed by atoms with Crippen LogP contribution in [-0.4, -0.2) is 36.1 Å². The summed E-state index contributed by atoms with van der Waals surface area (Å²) in [6.07, 6.45) is 3.65. The first-order valence-corrected chi connectivity index (χ1v) is 9.72. The molecule has 2 amide bonds. The second-order valence-electron chi connectivity index (χ2n) is 7.09. The van der Waals surface area contributed by atoms with Gasteiger partial charge < -0.3 is 24.7 Å². The SMILES string of the molecule is COc1cc(C(=O)Nc2cc(-n3cccc3)ccc2F)ccc1OCC(=O)NC(C)C. The van der Waals surface area contributed by atoms with Gasteiger partial charge in [-0.25, -0.2) is 4.39 Å². The Morgan fingerprint density at radius 1 is 1.06 bits per heavy atom. The zero-order chi connectivity index (χ0) is 22.4. The summed E-state index contributed by atoms with van der Waals surface area (Å²) in [6.45, 7) is 3.52. The van der Waals surface area contributed by atoms with Crippen LogP contribution >= 0.6 is 0 Å². The van der Waals surface area contributed by atoms with Gasteiger partial charge in [0, 0.05) is 29.7 Å². The minimum atomic E-state index is -0.549. The fourth-order valence-electron chi connectivity index (χ4n) is 2.91. The van der Waals surface area contributed by atoms with Gasteiger partial charge >= 0.3 is 0 Å². The minimum absolute atomic E-state index is 0.000443. The van der Waals surface area contributed by atoms with Gasteiger partial charge in [-0.2, -0.15) is 0 Å². The lowest BCUT2D eigenvalue weighted by molar-refractivity contribution is -0.123. The molecule has 31 heavy (non-hydrogen) atoms. The van der Waals surface area contributed by atoms with E-state index in [0.29, 0.717) is 11.4 Å². The lowest BCUT2D eigenvalue weighted by atomic mass is 10.1. The lowest BCUT2D eigenvalue weighted by Gasteiger charge is -2.14. The average Bonchev–Trinajstić information content (AvgIpc) is 3.28. The first-order chi connectivity index (χ1) is 14.9. The van der Waals surface area contributed by atoms with E-state index in [9.17, 15) is 14.0 Å². The molecule has 0 saturated heterocycles. The molecule has 0 bridgehead atoms. The Labute approximate surface area is 179 Å². The third-order valence-electron chi connectivity index (χ3n) is 4.33. The highest BCUT2D eigenvalue weighted by Crippen LogP contribution is 2.29. The summed E-state index contributed by atoms with van der Waals surface area (Å²) in [5, 5.41) is 5.30. The highest BCUT2D eigenvalue weighted by atomic mass is 19.1. The van der Waals surface area contributed by atoms with Gasteiger partial charge in [0.15, 0.2) is 18.1 Å². The summed E-state index contributed by atoms with van der Waals surface area (Å²) >= 11 is 0. The van der Waals surface area contributed by atoms with Gasteiger partial charge in [-0.05, 0) is 62.4 Å². The van der Waals surface area contributed by atoms with Crippen LogP contribution in [0.5, 0.6) is 11.5 Å². The Hall–Kier alpha value is -3.81. The topological polar surface area (TPSA) is 81.6 Å². The average molecular weight is 425 g/mol. The maximum atomic E-state index is 14.3. The molecule has 1 aromatic heterocycles. The normalized spacial score (nSPS) is 10.6. The number of nitrogens with zero attached hydrogens (tertiary/aromatic N) is 1. The second-order valence-corrected chi connectivity index (χ2v) is 7.09. The van der Waals surface area contributed by atoms with Crippen molar-refractivity contribution in [3.63, 3.8) is 0 Å². The molecule has 3 aromatic rings. The lowest BCUT2D eigenvalue weighted by Crippen LogP contribution is -2.34. The van der Waals surface area contributed by atoms with E-state index < -0.39 is 11.7 Å². The van der Waals surface area contributed by atoms with Crippen molar-refractivity contribution in [3.05, 3.63) is 72.3 Å². The predicted octanol–water partition coefficient (Wildman–Crippen LogP) is 3.78. The van der Waals surface area contributed by atoms with Crippen molar-refractivity contribution in [2.45, 2.75) is 19.9 Å². The standard InChI is InChI=1S/C23H24FN3O4/c1-15(2)25-22(28)14-31-20-9-6-16(12-21(20)30-3)23(29)26-19-13-17(7-8-18(19)24)27-10-4-5-11-27/h4-13,15H,14H2,1-3H3,(H,25,28)(H,26,29). The van der Waals surface area contributed by atoms with Crippen molar-refractivity contribution in [3.8, 4) is 17.2 Å². The molecule has 0 atom stereocenters. The Morgan fingerprint density at radius 2 is 1.81 bits per heavy atom. The summed E-state index contributed by atoms with van der Waals surface area (Å²) in [6, 6.07) is 12.7. The molecule has 2 N–H and O–H groups in total. The van der Waals surface area contributed by atoms with Crippen molar-refractivity contribution in [1.29, 1.82) is 0 Å². The summed E-state index contributed by atoms with van der Waals surface area (Å²) in [5.41, 5.74) is 1.02. The predicted molar refractivity (Wildman–Crippen MR) is 115 cm³/mol. The van der Waals surface area contributed by atoms with Crippen LogP contribution in [-0.2, 0) is 4.79 Å². The van der Waals surface area contributed by atoms with Crippen LogP contribution in [0.2, 0.25) is 0 Å². The molecule has 2 aromatic carbocycles. The first-order valence-electron chi connectivity index (χ1n) is 9.72. The van der Waals surface area contributed by atoms with Crippen molar-refractivity contribution >= 4 is 17.5 Å².